The van der Waals surface area contributed by atoms with E-state index in [0.29, 0.717) is 11.4 Å². The van der Waals surface area contributed by atoms with E-state index < -0.39 is 12.2 Å². The van der Waals surface area contributed by atoms with Gasteiger partial charge in [0.25, 0.3) is 0 Å². The molecule has 1 aromatic carbocycles. The zero-order chi connectivity index (χ0) is 14.3. The van der Waals surface area contributed by atoms with E-state index in [4.69, 9.17) is 9.47 Å². The van der Waals surface area contributed by atoms with Gasteiger partial charge < -0.3 is 14.8 Å². The summed E-state index contributed by atoms with van der Waals surface area (Å²) >= 11 is 0. The van der Waals surface area contributed by atoms with E-state index in [0.717, 1.165) is 6.42 Å². The van der Waals surface area contributed by atoms with Crippen LogP contribution in [-0.4, -0.2) is 25.3 Å². The molecule has 0 bridgehead atoms. The molecule has 19 heavy (non-hydrogen) atoms. The van der Waals surface area contributed by atoms with E-state index in [9.17, 15) is 9.59 Å². The van der Waals surface area contributed by atoms with Crippen LogP contribution in [0.1, 0.15) is 20.3 Å². The van der Waals surface area contributed by atoms with Gasteiger partial charge in [-0.15, -0.1) is 0 Å². The van der Waals surface area contributed by atoms with Crippen LogP contribution in [0.4, 0.5) is 15.3 Å². The second-order valence-electron chi connectivity index (χ2n) is 3.92. The summed E-state index contributed by atoms with van der Waals surface area (Å²) in [4.78, 5) is 22.6. The van der Waals surface area contributed by atoms with Gasteiger partial charge in [-0.1, -0.05) is 13.0 Å². The lowest BCUT2D eigenvalue weighted by atomic mass is 10.3. The van der Waals surface area contributed by atoms with Gasteiger partial charge in [0.1, 0.15) is 11.9 Å². The largest absolute Gasteiger partial charge is 0.446 e. The zero-order valence-corrected chi connectivity index (χ0v) is 11.2. The predicted octanol–water partition coefficient (Wildman–Crippen LogP) is 2.75. The molecule has 6 heteroatoms. The molecule has 1 aromatic rings. The standard InChI is InChI=1S/C13H18N2O4/c1-4-9(2)18-13(17)15-10-6-5-7-11(8-10)19-12(16)14-3/h5-9H,4H2,1-3H3,(H,14,16)(H,15,17)/t9-/m0/s1. The maximum absolute atomic E-state index is 11.5. The molecule has 0 radical (unpaired) electrons. The Morgan fingerprint density at radius 3 is 2.68 bits per heavy atom. The van der Waals surface area contributed by atoms with Gasteiger partial charge in [-0.3, -0.25) is 5.32 Å². The fourth-order valence-corrected chi connectivity index (χ4v) is 1.21. The average Bonchev–Trinajstić information content (AvgIpc) is 2.38. The molecule has 0 saturated carbocycles. The number of ether oxygens (including phenoxy) is 2. The first kappa shape index (κ1) is 14.8. The van der Waals surface area contributed by atoms with Crippen molar-refractivity contribution in [3.63, 3.8) is 0 Å². The maximum Gasteiger partial charge on any atom is 0.412 e. The van der Waals surface area contributed by atoms with Crippen LogP contribution >= 0.6 is 0 Å². The second kappa shape index (κ2) is 7.25. The number of anilines is 1. The summed E-state index contributed by atoms with van der Waals surface area (Å²) in [6.07, 6.45) is -0.510. The molecule has 0 unspecified atom stereocenters. The number of amides is 2. The molecule has 0 fully saturated rings. The van der Waals surface area contributed by atoms with Gasteiger partial charge in [0.05, 0.1) is 0 Å². The lowest BCUT2D eigenvalue weighted by molar-refractivity contribution is 0.118. The van der Waals surface area contributed by atoms with E-state index in [1.807, 2.05) is 13.8 Å². The van der Waals surface area contributed by atoms with Gasteiger partial charge in [0.15, 0.2) is 0 Å². The lowest BCUT2D eigenvalue weighted by Gasteiger charge is -2.12. The Hall–Kier alpha value is -2.24. The van der Waals surface area contributed by atoms with Crippen LogP contribution in [0.3, 0.4) is 0 Å². The highest BCUT2D eigenvalue weighted by atomic mass is 16.6. The molecule has 0 heterocycles. The third kappa shape index (κ3) is 5.29. The lowest BCUT2D eigenvalue weighted by Crippen LogP contribution is -2.22. The highest BCUT2D eigenvalue weighted by Gasteiger charge is 2.08. The number of hydrogen-bond donors (Lipinski definition) is 2. The van der Waals surface area contributed by atoms with E-state index >= 15 is 0 Å². The summed E-state index contributed by atoms with van der Waals surface area (Å²) in [7, 11) is 1.47. The van der Waals surface area contributed by atoms with Gasteiger partial charge in [-0.05, 0) is 25.5 Å². The molecule has 2 amide bonds. The van der Waals surface area contributed by atoms with E-state index in [1.54, 1.807) is 18.2 Å². The number of benzene rings is 1. The Labute approximate surface area is 112 Å². The van der Waals surface area contributed by atoms with Gasteiger partial charge in [0.2, 0.25) is 0 Å². The predicted molar refractivity (Wildman–Crippen MR) is 71.4 cm³/mol. The fourth-order valence-electron chi connectivity index (χ4n) is 1.21. The molecular weight excluding hydrogens is 248 g/mol. The van der Waals surface area contributed by atoms with Crippen molar-refractivity contribution in [3.05, 3.63) is 24.3 Å². The Morgan fingerprint density at radius 1 is 1.32 bits per heavy atom. The van der Waals surface area contributed by atoms with Gasteiger partial charge >= 0.3 is 12.2 Å². The highest BCUT2D eigenvalue weighted by molar-refractivity contribution is 5.85. The van der Waals surface area contributed by atoms with Gasteiger partial charge in [-0.25, -0.2) is 9.59 Å². The van der Waals surface area contributed by atoms with E-state index in [2.05, 4.69) is 10.6 Å². The summed E-state index contributed by atoms with van der Waals surface area (Å²) in [6, 6.07) is 6.49. The molecule has 1 atom stereocenters. The Morgan fingerprint density at radius 2 is 2.05 bits per heavy atom. The van der Waals surface area contributed by atoms with Crippen LogP contribution in [-0.2, 0) is 4.74 Å². The summed E-state index contributed by atoms with van der Waals surface area (Å²) in [6.45, 7) is 3.74. The van der Waals surface area contributed by atoms with Crippen molar-refractivity contribution in [2.24, 2.45) is 0 Å². The molecule has 0 aliphatic rings. The van der Waals surface area contributed by atoms with Crippen molar-refractivity contribution in [2.45, 2.75) is 26.4 Å². The number of carbonyl (C=O) groups excluding carboxylic acids is 2. The first-order chi connectivity index (χ1) is 9.05. The topological polar surface area (TPSA) is 76.7 Å². The number of nitrogens with one attached hydrogen (secondary N) is 2. The number of rotatable bonds is 4. The highest BCUT2D eigenvalue weighted by Crippen LogP contribution is 2.17. The third-order valence-electron chi connectivity index (χ3n) is 2.38. The summed E-state index contributed by atoms with van der Waals surface area (Å²) in [5, 5.41) is 4.90. The maximum atomic E-state index is 11.5. The number of hydrogen-bond acceptors (Lipinski definition) is 4. The molecule has 0 saturated heterocycles. The summed E-state index contributed by atoms with van der Waals surface area (Å²) in [5.41, 5.74) is 0.495. The molecule has 6 nitrogen and oxygen atoms in total. The Balaban J connectivity index is 2.61. The van der Waals surface area contributed by atoms with Crippen LogP contribution in [0.25, 0.3) is 0 Å². The fraction of sp³-hybridized carbons (Fsp3) is 0.385. The molecule has 0 aromatic heterocycles. The minimum atomic E-state index is -0.570. The van der Waals surface area contributed by atoms with Gasteiger partial charge in [-0.2, -0.15) is 0 Å². The van der Waals surface area contributed by atoms with Crippen LogP contribution < -0.4 is 15.4 Å². The van der Waals surface area contributed by atoms with Crippen LogP contribution in [0.5, 0.6) is 5.75 Å². The minimum absolute atomic E-state index is 0.148. The van der Waals surface area contributed by atoms with Crippen molar-refractivity contribution in [1.29, 1.82) is 0 Å². The summed E-state index contributed by atoms with van der Waals surface area (Å²) in [5.74, 6) is 0.334. The Bertz CT molecular complexity index is 448. The van der Waals surface area contributed by atoms with E-state index in [-0.39, 0.29) is 6.10 Å². The van der Waals surface area contributed by atoms with Crippen molar-refractivity contribution < 1.29 is 19.1 Å². The minimum Gasteiger partial charge on any atom is -0.446 e. The first-order valence-electron chi connectivity index (χ1n) is 6.02. The number of carbonyl (C=O) groups is 2. The normalized spacial score (nSPS) is 11.3. The first-order valence-corrected chi connectivity index (χ1v) is 6.02. The smallest absolute Gasteiger partial charge is 0.412 e. The van der Waals surface area contributed by atoms with Crippen molar-refractivity contribution in [1.82, 2.24) is 5.32 Å². The second-order valence-corrected chi connectivity index (χ2v) is 3.92. The van der Waals surface area contributed by atoms with Gasteiger partial charge in [0, 0.05) is 18.8 Å². The summed E-state index contributed by atoms with van der Waals surface area (Å²) < 4.78 is 10.0. The SMILES string of the molecule is CC[C@H](C)OC(=O)Nc1cccc(OC(=O)NC)c1. The van der Waals surface area contributed by atoms with Crippen LogP contribution in [0, 0.1) is 0 Å². The molecule has 0 aliphatic carbocycles. The van der Waals surface area contributed by atoms with Crippen LogP contribution in [0.2, 0.25) is 0 Å². The average molecular weight is 266 g/mol. The quantitative estimate of drug-likeness (QED) is 0.878. The van der Waals surface area contributed by atoms with Crippen molar-refractivity contribution in [3.8, 4) is 5.75 Å². The van der Waals surface area contributed by atoms with Crippen molar-refractivity contribution in [2.75, 3.05) is 12.4 Å². The third-order valence-corrected chi connectivity index (χ3v) is 2.38. The zero-order valence-electron chi connectivity index (χ0n) is 11.2. The monoisotopic (exact) mass is 266 g/mol. The molecular formula is C13H18N2O4. The molecule has 1 rings (SSSR count). The molecule has 0 spiro atoms. The molecule has 0 aliphatic heterocycles. The van der Waals surface area contributed by atoms with Crippen molar-refractivity contribution >= 4 is 17.9 Å². The molecule has 2 N–H and O–H groups in total. The van der Waals surface area contributed by atoms with E-state index in [1.165, 1.54) is 13.1 Å². The Kier molecular flexibility index (Phi) is 5.66. The van der Waals surface area contributed by atoms with Crippen LogP contribution in [0.15, 0.2) is 24.3 Å². The molecule has 104 valence electrons.